The quantitative estimate of drug-likeness (QED) is 0.418. The highest BCUT2D eigenvalue weighted by molar-refractivity contribution is 6.47. The molecule has 5 heteroatoms. The number of amides is 2. The molecule has 1 aliphatic rings. The minimum Gasteiger partial charge on any atom is -0.496 e. The van der Waals surface area contributed by atoms with Crippen LogP contribution >= 0.6 is 0 Å². The van der Waals surface area contributed by atoms with Crippen LogP contribution in [0.4, 0.5) is 11.4 Å². The van der Waals surface area contributed by atoms with Crippen LogP contribution in [0.25, 0.3) is 16.3 Å². The van der Waals surface area contributed by atoms with Crippen molar-refractivity contribution in [2.45, 2.75) is 6.92 Å². The number of para-hydroxylation sites is 2. The molecule has 0 radical (unpaired) electrons. The Balaban J connectivity index is 1.71. The summed E-state index contributed by atoms with van der Waals surface area (Å²) in [7, 11) is 1.55. The van der Waals surface area contributed by atoms with Crippen LogP contribution in [0.5, 0.6) is 5.75 Å². The van der Waals surface area contributed by atoms with Crippen LogP contribution in [0.15, 0.2) is 96.7 Å². The topological polar surface area (TPSA) is 58.6 Å². The van der Waals surface area contributed by atoms with Crippen molar-refractivity contribution < 1.29 is 14.3 Å². The number of carbonyl (C=O) groups is 2. The number of hydrogen-bond donors (Lipinski definition) is 1. The summed E-state index contributed by atoms with van der Waals surface area (Å²) in [5, 5.41) is 5.03. The fourth-order valence-corrected chi connectivity index (χ4v) is 4.22. The molecule has 4 aromatic rings. The van der Waals surface area contributed by atoms with Crippen molar-refractivity contribution in [1.82, 2.24) is 0 Å². The van der Waals surface area contributed by atoms with Crippen molar-refractivity contribution in [2.24, 2.45) is 0 Å². The van der Waals surface area contributed by atoms with E-state index in [9.17, 15) is 9.59 Å². The Hall–Kier alpha value is -4.38. The Bertz CT molecular complexity index is 1430. The molecule has 0 bridgehead atoms. The van der Waals surface area contributed by atoms with Gasteiger partial charge in [0.25, 0.3) is 11.8 Å². The van der Waals surface area contributed by atoms with E-state index < -0.39 is 11.8 Å². The van der Waals surface area contributed by atoms with Crippen molar-refractivity contribution in [1.29, 1.82) is 0 Å². The van der Waals surface area contributed by atoms with Crippen LogP contribution in [-0.4, -0.2) is 18.9 Å². The number of imide groups is 1. The molecule has 33 heavy (non-hydrogen) atoms. The van der Waals surface area contributed by atoms with Crippen LogP contribution in [0, 0.1) is 6.92 Å². The van der Waals surface area contributed by atoms with Gasteiger partial charge in [0.05, 0.1) is 18.4 Å². The summed E-state index contributed by atoms with van der Waals surface area (Å²) >= 11 is 0. The molecule has 0 atom stereocenters. The lowest BCUT2D eigenvalue weighted by Crippen LogP contribution is -2.32. The van der Waals surface area contributed by atoms with Gasteiger partial charge in [0.2, 0.25) is 0 Å². The van der Waals surface area contributed by atoms with Gasteiger partial charge in [-0.15, -0.1) is 0 Å². The highest BCUT2D eigenvalue weighted by atomic mass is 16.5. The zero-order chi connectivity index (χ0) is 22.9. The van der Waals surface area contributed by atoms with Gasteiger partial charge in [0.1, 0.15) is 11.4 Å². The van der Waals surface area contributed by atoms with E-state index in [1.165, 1.54) is 4.90 Å². The molecule has 0 fully saturated rings. The third-order valence-electron chi connectivity index (χ3n) is 5.87. The van der Waals surface area contributed by atoms with Gasteiger partial charge in [-0.2, -0.15) is 0 Å². The first-order valence-electron chi connectivity index (χ1n) is 10.7. The average Bonchev–Trinajstić information content (AvgIpc) is 3.09. The van der Waals surface area contributed by atoms with Crippen LogP contribution in [-0.2, 0) is 9.59 Å². The van der Waals surface area contributed by atoms with E-state index in [4.69, 9.17) is 4.74 Å². The van der Waals surface area contributed by atoms with Crippen molar-refractivity contribution >= 4 is 39.5 Å². The molecule has 1 heterocycles. The van der Waals surface area contributed by atoms with Crippen LogP contribution in [0.3, 0.4) is 0 Å². The minimum atomic E-state index is -0.402. The highest BCUT2D eigenvalue weighted by Gasteiger charge is 2.41. The molecule has 162 valence electrons. The first kappa shape index (κ1) is 20.5. The lowest BCUT2D eigenvalue weighted by atomic mass is 10.0. The van der Waals surface area contributed by atoms with Gasteiger partial charge in [0.15, 0.2) is 0 Å². The number of anilines is 2. The zero-order valence-electron chi connectivity index (χ0n) is 18.3. The maximum Gasteiger partial charge on any atom is 0.282 e. The molecule has 0 spiro atoms. The number of aryl methyl sites for hydroxylation is 1. The number of ether oxygens (including phenoxy) is 1. The van der Waals surface area contributed by atoms with Gasteiger partial charge in [-0.1, -0.05) is 72.8 Å². The Morgan fingerprint density at radius 1 is 0.758 bits per heavy atom. The summed E-state index contributed by atoms with van der Waals surface area (Å²) in [5.41, 5.74) is 3.36. The molecule has 1 N–H and O–H groups in total. The monoisotopic (exact) mass is 434 g/mol. The molecular weight excluding hydrogens is 412 g/mol. The Morgan fingerprint density at radius 3 is 2.27 bits per heavy atom. The van der Waals surface area contributed by atoms with Crippen molar-refractivity contribution in [3.05, 3.63) is 108 Å². The van der Waals surface area contributed by atoms with E-state index in [0.717, 1.165) is 22.0 Å². The molecule has 2 amide bonds. The SMILES string of the molecule is COc1ccccc1C1=C(Nc2ccccc2C)C(=O)N(c2cccc3ccccc23)C1=O. The first-order chi connectivity index (χ1) is 16.1. The zero-order valence-corrected chi connectivity index (χ0v) is 18.3. The largest absolute Gasteiger partial charge is 0.496 e. The second-order valence-corrected chi connectivity index (χ2v) is 7.83. The molecule has 0 aliphatic carbocycles. The summed E-state index contributed by atoms with van der Waals surface area (Å²) in [5.74, 6) is -0.269. The van der Waals surface area contributed by atoms with Gasteiger partial charge < -0.3 is 10.1 Å². The third-order valence-corrected chi connectivity index (χ3v) is 5.87. The third kappa shape index (κ3) is 3.44. The average molecular weight is 434 g/mol. The number of nitrogens with one attached hydrogen (secondary N) is 1. The predicted octanol–water partition coefficient (Wildman–Crippen LogP) is 5.55. The molecule has 5 nitrogen and oxygen atoms in total. The summed E-state index contributed by atoms with van der Waals surface area (Å²) in [6, 6.07) is 28.2. The van der Waals surface area contributed by atoms with Crippen molar-refractivity contribution in [3.8, 4) is 5.75 Å². The van der Waals surface area contributed by atoms with Crippen LogP contribution in [0.2, 0.25) is 0 Å². The van der Waals surface area contributed by atoms with E-state index in [2.05, 4.69) is 5.32 Å². The summed E-state index contributed by atoms with van der Waals surface area (Å²) in [6.45, 7) is 1.95. The Morgan fingerprint density at radius 2 is 1.45 bits per heavy atom. The second-order valence-electron chi connectivity index (χ2n) is 7.83. The number of hydrogen-bond acceptors (Lipinski definition) is 4. The van der Waals surface area contributed by atoms with Gasteiger partial charge in [0, 0.05) is 16.6 Å². The highest BCUT2D eigenvalue weighted by Crippen LogP contribution is 2.39. The molecule has 0 saturated carbocycles. The van der Waals surface area contributed by atoms with Crippen LogP contribution < -0.4 is 15.0 Å². The molecule has 0 saturated heterocycles. The normalized spacial score (nSPS) is 13.7. The number of rotatable bonds is 5. The molecule has 0 aromatic heterocycles. The van der Waals surface area contributed by atoms with Gasteiger partial charge in [-0.25, -0.2) is 4.90 Å². The van der Waals surface area contributed by atoms with Gasteiger partial charge >= 0.3 is 0 Å². The number of fused-ring (bicyclic) bond motifs is 1. The van der Waals surface area contributed by atoms with E-state index >= 15 is 0 Å². The maximum absolute atomic E-state index is 13.9. The van der Waals surface area contributed by atoms with Crippen LogP contribution in [0.1, 0.15) is 11.1 Å². The Labute approximate surface area is 191 Å². The van der Waals surface area contributed by atoms with E-state index in [1.54, 1.807) is 25.3 Å². The number of carbonyl (C=O) groups excluding carboxylic acids is 2. The standard InChI is InChI=1S/C28H22N2O3/c1-18-10-3-7-15-22(18)29-26-25(21-14-6-8-17-24(21)33-2)27(31)30(28(26)32)23-16-9-12-19-11-4-5-13-20(19)23/h3-17,29H,1-2H3. The lowest BCUT2D eigenvalue weighted by Gasteiger charge is -2.18. The fraction of sp³-hybridized carbons (Fsp3) is 0.0714. The summed E-state index contributed by atoms with van der Waals surface area (Å²) in [6.07, 6.45) is 0. The van der Waals surface area contributed by atoms with Gasteiger partial charge in [-0.3, -0.25) is 9.59 Å². The van der Waals surface area contributed by atoms with Gasteiger partial charge in [-0.05, 0) is 36.1 Å². The van der Waals surface area contributed by atoms with E-state index in [1.807, 2.05) is 79.7 Å². The Kier molecular flexibility index (Phi) is 5.15. The molecular formula is C28H22N2O3. The van der Waals surface area contributed by atoms with E-state index in [-0.39, 0.29) is 11.3 Å². The molecule has 4 aromatic carbocycles. The minimum absolute atomic E-state index is 0.228. The molecule has 5 rings (SSSR count). The first-order valence-corrected chi connectivity index (χ1v) is 10.7. The second kappa shape index (κ2) is 8.28. The van der Waals surface area contributed by atoms with E-state index in [0.29, 0.717) is 17.0 Å². The fourth-order valence-electron chi connectivity index (χ4n) is 4.22. The summed E-state index contributed by atoms with van der Waals surface area (Å²) < 4.78 is 5.53. The van der Waals surface area contributed by atoms with Crippen molar-refractivity contribution in [2.75, 3.05) is 17.3 Å². The smallest absolute Gasteiger partial charge is 0.282 e. The molecule has 0 unspecified atom stereocenters. The number of methoxy groups -OCH3 is 1. The maximum atomic E-state index is 13.9. The number of nitrogens with zero attached hydrogens (tertiary/aromatic N) is 1. The number of benzene rings is 4. The molecule has 1 aliphatic heterocycles. The van der Waals surface area contributed by atoms with Crippen molar-refractivity contribution in [3.63, 3.8) is 0 Å². The predicted molar refractivity (Wildman–Crippen MR) is 131 cm³/mol. The summed E-state index contributed by atoms with van der Waals surface area (Å²) in [4.78, 5) is 28.9. The lowest BCUT2D eigenvalue weighted by molar-refractivity contribution is -0.120.